The van der Waals surface area contributed by atoms with Crippen LogP contribution in [0.1, 0.15) is 245 Å². The first-order chi connectivity index (χ1) is 51.7. The van der Waals surface area contributed by atoms with Gasteiger partial charge in [-0.3, -0.25) is 52.5 Å². The first kappa shape index (κ1) is 92.2. The fourth-order valence-electron chi connectivity index (χ4n) is 15.0. The molecule has 0 aromatic rings. The lowest BCUT2D eigenvalue weighted by Gasteiger charge is -2.38. The summed E-state index contributed by atoms with van der Waals surface area (Å²) in [5.41, 5.74) is -4.16. The molecule has 108 heavy (non-hydrogen) atoms. The molecular formula is C76H119O31P-2. The van der Waals surface area contributed by atoms with Crippen LogP contribution in [-0.4, -0.2) is 188 Å². The third kappa shape index (κ3) is 32.1. The molecule has 0 amide bonds. The Morgan fingerprint density at radius 2 is 0.657 bits per heavy atom. The molecule has 13 unspecified atom stereocenters. The minimum Gasteiger partial charge on any atom is -0.550 e. The Balaban J connectivity index is 1.48. The summed E-state index contributed by atoms with van der Waals surface area (Å²) in [6.45, 7) is -5.82. The van der Waals surface area contributed by atoms with Gasteiger partial charge in [0.05, 0.1) is 91.2 Å². The number of esters is 9. The zero-order valence-corrected chi connectivity index (χ0v) is 64.1. The van der Waals surface area contributed by atoms with Crippen molar-refractivity contribution in [3.63, 3.8) is 0 Å². The van der Waals surface area contributed by atoms with E-state index in [4.69, 9.17) is 47.4 Å². The number of ether oxygens (including phenoxy) is 10. The van der Waals surface area contributed by atoms with Crippen LogP contribution in [0.4, 0.5) is 0 Å². The van der Waals surface area contributed by atoms with E-state index in [9.17, 15) is 97.4 Å². The van der Waals surface area contributed by atoms with Crippen LogP contribution in [0.15, 0.2) is 0 Å². The minimum atomic E-state index is -5.18. The fraction of sp³-hybridized carbons (Fsp3) is 0.842. The lowest BCUT2D eigenvalue weighted by atomic mass is 9.79. The van der Waals surface area contributed by atoms with Crippen molar-refractivity contribution in [2.24, 2.45) is 70.0 Å². The van der Waals surface area contributed by atoms with Gasteiger partial charge < -0.3 is 92.3 Å². The van der Waals surface area contributed by atoms with Gasteiger partial charge in [-0.25, -0.2) is 4.57 Å². The van der Waals surface area contributed by atoms with Crippen molar-refractivity contribution < 1.29 is 149 Å². The average Bonchev–Trinajstić information content (AvgIpc) is 0.814. The third-order valence-corrected chi connectivity index (χ3v) is 22.1. The number of carboxylic acid groups (broad SMARTS) is 3. The van der Waals surface area contributed by atoms with E-state index >= 15 is 0 Å². The summed E-state index contributed by atoms with van der Waals surface area (Å²) in [6, 6.07) is 0. The maximum absolute atomic E-state index is 14.7. The second-order valence-electron chi connectivity index (χ2n) is 30.3. The number of rotatable bonds is 51. The summed E-state index contributed by atoms with van der Waals surface area (Å²) >= 11 is 0. The molecule has 0 aromatic heterocycles. The number of aliphatic hydroxyl groups excluding tert-OH is 2. The van der Waals surface area contributed by atoms with Crippen LogP contribution in [-0.2, 0) is 114 Å². The molecule has 31 nitrogen and oxygen atoms in total. The number of hydrogen-bond donors (Lipinski definition) is 5. The Morgan fingerprint density at radius 1 is 0.370 bits per heavy atom. The molecule has 616 valence electrons. The van der Waals surface area contributed by atoms with Crippen LogP contribution in [0.5, 0.6) is 0 Å². The van der Waals surface area contributed by atoms with Crippen molar-refractivity contribution >= 4 is 79.5 Å². The monoisotopic (exact) mass is 1560 g/mol. The van der Waals surface area contributed by atoms with Crippen LogP contribution in [0, 0.1) is 70.0 Å². The molecule has 0 heterocycles. The lowest BCUT2D eigenvalue weighted by molar-refractivity contribution is -0.315. The van der Waals surface area contributed by atoms with Crippen molar-refractivity contribution in [1.29, 1.82) is 0 Å². The molecule has 0 spiro atoms. The highest BCUT2D eigenvalue weighted by Crippen LogP contribution is 2.40. The molecule has 0 radical (unpaired) electrons. The molecular weight excluding hydrogens is 1440 g/mol. The zero-order valence-electron chi connectivity index (χ0n) is 63.2. The Kier molecular flexibility index (Phi) is 41.9. The second kappa shape index (κ2) is 49.1. The third-order valence-electron chi connectivity index (χ3n) is 21.7. The topological polar surface area (TPSA) is 471 Å². The zero-order chi connectivity index (χ0) is 79.1. The maximum atomic E-state index is 14.7. The highest BCUT2D eigenvalue weighted by atomic mass is 31.2. The van der Waals surface area contributed by atoms with Gasteiger partial charge in [-0.05, 0) is 77.0 Å². The van der Waals surface area contributed by atoms with Gasteiger partial charge in [0.25, 0.3) is 0 Å². The Morgan fingerprint density at radius 3 is 0.991 bits per heavy atom. The summed E-state index contributed by atoms with van der Waals surface area (Å²) in [4.78, 5) is 182. The molecule has 5 N–H and O–H groups in total. The van der Waals surface area contributed by atoms with E-state index in [-0.39, 0.29) is 77.0 Å². The molecule has 0 saturated heterocycles. The van der Waals surface area contributed by atoms with Gasteiger partial charge in [0.15, 0.2) is 12.2 Å². The standard InChI is InChI=1S/C76H121O31P/c1-3-5-7-9-11-13-15-37-63(79)98-40-51(39-77)106-73(92)61-35-25-23-33-59(61)71(90)100-46-75(43-78,47-101-72(91)60-34-24-26-36-62(60)74(93)107-52(42-105-108(94,95)96)41-99-64(80)38-16-14-12-10-8-6-4-2)44-97-45-76(48-102-68(87)56-30-20-17-27-53(56)65(81)82,49-103-69(88)57-31-21-18-28-54(57)66(83)84)50-104-70(89)58-32-22-19-29-55(58)67(85)86/h51-62,77-78H,3-50H2,1-2H3,(H,81,82)(H,83,84)(H,85,86)(H2,94,95,96)/p-2. The number of carboxylic acids is 3. The van der Waals surface area contributed by atoms with E-state index in [0.29, 0.717) is 77.0 Å². The number of aliphatic carboxylic acids is 3. The lowest BCUT2D eigenvalue weighted by Crippen LogP contribution is -2.49. The molecule has 0 aliphatic heterocycles. The molecule has 5 fully saturated rings. The summed E-state index contributed by atoms with van der Waals surface area (Å²) in [6.07, 6.45) is 15.2. The predicted molar refractivity (Wildman–Crippen MR) is 374 cm³/mol. The first-order valence-electron chi connectivity index (χ1n) is 39.4. The van der Waals surface area contributed by atoms with Crippen molar-refractivity contribution in [2.75, 3.05) is 79.3 Å². The highest BCUT2D eigenvalue weighted by Gasteiger charge is 2.47. The van der Waals surface area contributed by atoms with Gasteiger partial charge in [0, 0.05) is 36.6 Å². The first-order valence-corrected chi connectivity index (χ1v) is 40.9. The van der Waals surface area contributed by atoms with Crippen LogP contribution in [0.25, 0.3) is 0 Å². The summed E-state index contributed by atoms with van der Waals surface area (Å²) in [5.74, 6) is -25.1. The van der Waals surface area contributed by atoms with E-state index < -0.39 is 241 Å². The number of carbonyl (C=O) groups excluding carboxylic acids is 11. The van der Waals surface area contributed by atoms with Crippen LogP contribution in [0.3, 0.4) is 0 Å². The maximum Gasteiger partial charge on any atom is 0.469 e. The number of phosphoric ester groups is 1. The normalized spacial score (nSPS) is 24.1. The minimum absolute atomic E-state index is 0.00714. The predicted octanol–water partition coefficient (Wildman–Crippen LogP) is 6.59. The molecule has 0 aromatic carbocycles. The summed E-state index contributed by atoms with van der Waals surface area (Å²) < 4.78 is 74.7. The van der Waals surface area contributed by atoms with Gasteiger partial charge in [-0.1, -0.05) is 155 Å². The second-order valence-corrected chi connectivity index (χ2v) is 31.6. The van der Waals surface area contributed by atoms with E-state index in [1.165, 1.54) is 0 Å². The van der Waals surface area contributed by atoms with Gasteiger partial charge in [0.2, 0.25) is 0 Å². The largest absolute Gasteiger partial charge is 0.550 e. The van der Waals surface area contributed by atoms with E-state index in [2.05, 4.69) is 18.4 Å². The van der Waals surface area contributed by atoms with E-state index in [1.807, 2.05) is 0 Å². The van der Waals surface area contributed by atoms with Gasteiger partial charge in [-0.2, -0.15) is 0 Å². The van der Waals surface area contributed by atoms with E-state index in [0.717, 1.165) is 77.0 Å². The quantitative estimate of drug-likeness (QED) is 0.0185. The fourth-order valence-corrected chi connectivity index (χ4v) is 15.4. The number of phosphoric acid groups is 1. The Hall–Kier alpha value is -6.37. The van der Waals surface area contributed by atoms with Gasteiger partial charge in [0.1, 0.15) is 46.2 Å². The SMILES string of the molecule is CCCCCCCCCC(=O)OCC(CO)OC(=O)C1CCCCC1C(=O)OCC(CO)(COCC(COC(=O)C1CCCCC1C(=O)[O-])(COC(=O)C1CCCCC1C(=O)[O-])COC(=O)C1CCCCC1C(=O)O)COC(=O)C1CCCCC1C(=O)OC(COC(=O)CCCCCCCCC)COP(=O)(O)O. The average molecular weight is 1560 g/mol. The molecule has 5 saturated carbocycles. The number of aliphatic hydroxyl groups is 2. The molecule has 0 bridgehead atoms. The van der Waals surface area contributed by atoms with Crippen LogP contribution in [0.2, 0.25) is 0 Å². The molecule has 5 aliphatic rings. The van der Waals surface area contributed by atoms with Crippen molar-refractivity contribution in [2.45, 2.75) is 257 Å². The summed E-state index contributed by atoms with van der Waals surface area (Å²) in [5, 5.41) is 56.9. The van der Waals surface area contributed by atoms with Crippen LogP contribution < -0.4 is 10.2 Å². The smallest absolute Gasteiger partial charge is 0.469 e. The Bertz CT molecular complexity index is 2780. The van der Waals surface area contributed by atoms with E-state index in [1.54, 1.807) is 0 Å². The van der Waals surface area contributed by atoms with Gasteiger partial charge in [-0.15, -0.1) is 0 Å². The van der Waals surface area contributed by atoms with Crippen molar-refractivity contribution in [1.82, 2.24) is 0 Å². The molecule has 32 heteroatoms. The molecule has 5 rings (SSSR count). The number of carbonyl (C=O) groups is 12. The highest BCUT2D eigenvalue weighted by molar-refractivity contribution is 7.46. The van der Waals surface area contributed by atoms with Crippen molar-refractivity contribution in [3.05, 3.63) is 0 Å². The molecule has 5 aliphatic carbocycles. The van der Waals surface area contributed by atoms with Gasteiger partial charge >= 0.3 is 67.5 Å². The summed E-state index contributed by atoms with van der Waals surface area (Å²) in [7, 11) is -5.18. The number of unbranched alkanes of at least 4 members (excludes halogenated alkanes) is 12. The number of hydrogen-bond acceptors (Lipinski definition) is 28. The molecule has 13 atom stereocenters. The van der Waals surface area contributed by atoms with Crippen molar-refractivity contribution in [3.8, 4) is 0 Å². The van der Waals surface area contributed by atoms with Crippen LogP contribution >= 0.6 is 7.82 Å². The Labute approximate surface area is 632 Å².